The standard InChI is InChI=1S/C16H23N3O2/c1-17-15-7-6-14(19(20)21)10-13(15)11-18-9-8-12-4-2-3-5-16(12)18/h6-7,10,12,16-17H,2-5,8-9,11H2,1H3. The van der Waals surface area contributed by atoms with Crippen molar-refractivity contribution in [2.45, 2.75) is 44.7 Å². The Bertz CT molecular complexity index is 532. The van der Waals surface area contributed by atoms with Crippen LogP contribution in [0.4, 0.5) is 11.4 Å². The van der Waals surface area contributed by atoms with E-state index >= 15 is 0 Å². The molecular weight excluding hydrogens is 266 g/mol. The van der Waals surface area contributed by atoms with Crippen LogP contribution in [-0.4, -0.2) is 29.5 Å². The quantitative estimate of drug-likeness (QED) is 0.681. The zero-order valence-corrected chi connectivity index (χ0v) is 12.5. The number of nitrogens with zero attached hydrogens (tertiary/aromatic N) is 2. The lowest BCUT2D eigenvalue weighted by atomic mass is 9.85. The number of likely N-dealkylation sites (tertiary alicyclic amines) is 1. The summed E-state index contributed by atoms with van der Waals surface area (Å²) in [6.45, 7) is 1.94. The second kappa shape index (κ2) is 6.02. The van der Waals surface area contributed by atoms with Gasteiger partial charge in [-0.05, 0) is 43.4 Å². The Labute approximate surface area is 125 Å². The molecule has 1 saturated carbocycles. The van der Waals surface area contributed by atoms with Gasteiger partial charge in [0.2, 0.25) is 0 Å². The first-order valence-electron chi connectivity index (χ1n) is 7.88. The number of nitrogens with one attached hydrogen (secondary N) is 1. The second-order valence-electron chi connectivity index (χ2n) is 6.22. The van der Waals surface area contributed by atoms with Gasteiger partial charge >= 0.3 is 0 Å². The Balaban J connectivity index is 1.80. The SMILES string of the molecule is CNc1ccc([N+](=O)[O-])cc1CN1CCC2CCCCC21. The van der Waals surface area contributed by atoms with Gasteiger partial charge in [0, 0.05) is 37.5 Å². The highest BCUT2D eigenvalue weighted by Crippen LogP contribution is 2.37. The van der Waals surface area contributed by atoms with Gasteiger partial charge < -0.3 is 5.32 Å². The van der Waals surface area contributed by atoms with Crippen molar-refractivity contribution in [3.63, 3.8) is 0 Å². The molecule has 1 aliphatic heterocycles. The van der Waals surface area contributed by atoms with Crippen LogP contribution in [0.15, 0.2) is 18.2 Å². The number of nitro benzene ring substituents is 1. The maximum absolute atomic E-state index is 11.0. The highest BCUT2D eigenvalue weighted by atomic mass is 16.6. The van der Waals surface area contributed by atoms with Crippen molar-refractivity contribution in [1.82, 2.24) is 4.90 Å². The molecule has 21 heavy (non-hydrogen) atoms. The van der Waals surface area contributed by atoms with Crippen LogP contribution in [0.5, 0.6) is 0 Å². The molecule has 2 unspecified atom stereocenters. The third-order valence-corrected chi connectivity index (χ3v) is 5.07. The van der Waals surface area contributed by atoms with Gasteiger partial charge in [-0.25, -0.2) is 0 Å². The second-order valence-corrected chi connectivity index (χ2v) is 6.22. The Morgan fingerprint density at radius 1 is 1.33 bits per heavy atom. The molecule has 5 heteroatoms. The van der Waals surface area contributed by atoms with Crippen molar-refractivity contribution in [2.75, 3.05) is 18.9 Å². The minimum Gasteiger partial charge on any atom is -0.388 e. The highest BCUT2D eigenvalue weighted by Gasteiger charge is 2.35. The summed E-state index contributed by atoms with van der Waals surface area (Å²) < 4.78 is 0. The number of rotatable bonds is 4. The Morgan fingerprint density at radius 3 is 2.90 bits per heavy atom. The van der Waals surface area contributed by atoms with E-state index in [1.807, 2.05) is 13.1 Å². The normalized spacial score (nSPS) is 25.6. The number of nitro groups is 1. The molecule has 0 amide bonds. The van der Waals surface area contributed by atoms with Gasteiger partial charge in [-0.2, -0.15) is 0 Å². The van der Waals surface area contributed by atoms with Crippen molar-refractivity contribution in [3.8, 4) is 0 Å². The molecule has 2 atom stereocenters. The van der Waals surface area contributed by atoms with E-state index in [2.05, 4.69) is 10.2 Å². The Kier molecular flexibility index (Phi) is 4.10. The molecule has 1 saturated heterocycles. The topological polar surface area (TPSA) is 58.4 Å². The van der Waals surface area contributed by atoms with Gasteiger partial charge in [-0.1, -0.05) is 12.8 Å². The maximum atomic E-state index is 11.0. The molecule has 2 fully saturated rings. The molecule has 0 spiro atoms. The van der Waals surface area contributed by atoms with Crippen molar-refractivity contribution >= 4 is 11.4 Å². The van der Waals surface area contributed by atoms with Crippen LogP contribution in [0.1, 0.15) is 37.7 Å². The number of fused-ring (bicyclic) bond motifs is 1. The lowest BCUT2D eigenvalue weighted by Gasteiger charge is -2.32. The minimum absolute atomic E-state index is 0.184. The van der Waals surface area contributed by atoms with E-state index in [1.54, 1.807) is 12.1 Å². The molecule has 0 aromatic heterocycles. The van der Waals surface area contributed by atoms with Crippen LogP contribution in [-0.2, 0) is 6.54 Å². The number of benzene rings is 1. The summed E-state index contributed by atoms with van der Waals surface area (Å²) in [6.07, 6.45) is 6.62. The third-order valence-electron chi connectivity index (χ3n) is 5.07. The molecule has 1 aliphatic carbocycles. The lowest BCUT2D eigenvalue weighted by molar-refractivity contribution is -0.384. The van der Waals surface area contributed by atoms with Crippen LogP contribution in [0.2, 0.25) is 0 Å². The van der Waals surface area contributed by atoms with Crippen molar-refractivity contribution in [1.29, 1.82) is 0 Å². The number of hydrogen-bond donors (Lipinski definition) is 1. The monoisotopic (exact) mass is 289 g/mol. The predicted octanol–water partition coefficient (Wildman–Crippen LogP) is 3.40. The molecule has 1 aromatic rings. The fourth-order valence-corrected chi connectivity index (χ4v) is 3.99. The van der Waals surface area contributed by atoms with E-state index in [0.717, 1.165) is 30.3 Å². The molecule has 0 radical (unpaired) electrons. The summed E-state index contributed by atoms with van der Waals surface area (Å²) in [5.41, 5.74) is 2.22. The van der Waals surface area contributed by atoms with Gasteiger partial charge in [0.15, 0.2) is 0 Å². The minimum atomic E-state index is -0.309. The summed E-state index contributed by atoms with van der Waals surface area (Å²) in [6, 6.07) is 5.80. The molecule has 1 aromatic carbocycles. The number of anilines is 1. The van der Waals surface area contributed by atoms with Gasteiger partial charge in [0.25, 0.3) is 5.69 Å². The van der Waals surface area contributed by atoms with Gasteiger partial charge in [-0.3, -0.25) is 15.0 Å². The summed E-state index contributed by atoms with van der Waals surface area (Å²) in [4.78, 5) is 13.2. The number of hydrogen-bond acceptors (Lipinski definition) is 4. The van der Waals surface area contributed by atoms with Gasteiger partial charge in [0.05, 0.1) is 4.92 Å². The van der Waals surface area contributed by atoms with E-state index in [0.29, 0.717) is 6.04 Å². The maximum Gasteiger partial charge on any atom is 0.269 e. The van der Waals surface area contributed by atoms with E-state index in [4.69, 9.17) is 0 Å². The summed E-state index contributed by atoms with van der Waals surface area (Å²) in [5, 5.41) is 14.1. The average molecular weight is 289 g/mol. The van der Waals surface area contributed by atoms with Crippen molar-refractivity contribution in [2.24, 2.45) is 5.92 Å². The first-order chi connectivity index (χ1) is 10.2. The van der Waals surface area contributed by atoms with E-state index in [-0.39, 0.29) is 10.6 Å². The van der Waals surface area contributed by atoms with E-state index in [9.17, 15) is 10.1 Å². The fraction of sp³-hybridized carbons (Fsp3) is 0.625. The van der Waals surface area contributed by atoms with Crippen LogP contribution in [0.25, 0.3) is 0 Å². The first-order valence-corrected chi connectivity index (χ1v) is 7.88. The fourth-order valence-electron chi connectivity index (χ4n) is 3.99. The average Bonchev–Trinajstić information content (AvgIpc) is 2.90. The highest BCUT2D eigenvalue weighted by molar-refractivity contribution is 5.55. The molecule has 1 N–H and O–H groups in total. The van der Waals surface area contributed by atoms with Crippen molar-refractivity contribution in [3.05, 3.63) is 33.9 Å². The third kappa shape index (κ3) is 2.88. The summed E-state index contributed by atoms with van der Waals surface area (Å²) >= 11 is 0. The van der Waals surface area contributed by atoms with Crippen molar-refractivity contribution < 1.29 is 4.92 Å². The van der Waals surface area contributed by atoms with Gasteiger partial charge in [0.1, 0.15) is 0 Å². The van der Waals surface area contributed by atoms with Crippen LogP contribution < -0.4 is 5.32 Å². The largest absolute Gasteiger partial charge is 0.388 e. The van der Waals surface area contributed by atoms with E-state index < -0.39 is 0 Å². The lowest BCUT2D eigenvalue weighted by Crippen LogP contribution is -2.34. The molecule has 2 aliphatic rings. The predicted molar refractivity (Wildman–Crippen MR) is 83.4 cm³/mol. The summed E-state index contributed by atoms with van der Waals surface area (Å²) in [7, 11) is 1.87. The van der Waals surface area contributed by atoms with E-state index in [1.165, 1.54) is 32.1 Å². The smallest absolute Gasteiger partial charge is 0.269 e. The zero-order valence-electron chi connectivity index (χ0n) is 12.5. The molecule has 5 nitrogen and oxygen atoms in total. The molecule has 0 bridgehead atoms. The Hall–Kier alpha value is -1.62. The van der Waals surface area contributed by atoms with Crippen LogP contribution >= 0.6 is 0 Å². The van der Waals surface area contributed by atoms with Crippen LogP contribution in [0.3, 0.4) is 0 Å². The Morgan fingerprint density at radius 2 is 2.14 bits per heavy atom. The molecular formula is C16H23N3O2. The molecule has 3 rings (SSSR count). The van der Waals surface area contributed by atoms with Crippen LogP contribution in [0, 0.1) is 16.0 Å². The summed E-state index contributed by atoms with van der Waals surface area (Å²) in [5.74, 6) is 0.843. The van der Waals surface area contributed by atoms with Gasteiger partial charge in [-0.15, -0.1) is 0 Å². The molecule has 1 heterocycles. The molecule has 114 valence electrons. The zero-order chi connectivity index (χ0) is 14.8. The number of non-ortho nitro benzene ring substituents is 1. The first kappa shape index (κ1) is 14.3.